The summed E-state index contributed by atoms with van der Waals surface area (Å²) in [5.74, 6) is -1.05. The van der Waals surface area contributed by atoms with Gasteiger partial charge in [0.15, 0.2) is 0 Å². The van der Waals surface area contributed by atoms with Crippen molar-refractivity contribution in [3.63, 3.8) is 0 Å². The number of benzene rings is 1. The molecule has 0 fully saturated rings. The quantitative estimate of drug-likeness (QED) is 0.548. The molecule has 0 unspecified atom stereocenters. The van der Waals surface area contributed by atoms with Crippen LogP contribution >= 0.6 is 22.6 Å². The summed E-state index contributed by atoms with van der Waals surface area (Å²) in [7, 11) is 0. The highest BCUT2D eigenvalue weighted by Crippen LogP contribution is 2.23. The Bertz CT molecular complexity index is 550. The van der Waals surface area contributed by atoms with E-state index >= 15 is 0 Å². The lowest BCUT2D eigenvalue weighted by Gasteiger charge is -2.23. The molecule has 0 saturated heterocycles. The smallest absolute Gasteiger partial charge is 0.340 e. The number of carbonyl (C=O) groups is 2. The lowest BCUT2D eigenvalue weighted by Crippen LogP contribution is -2.28. The first-order valence-corrected chi connectivity index (χ1v) is 7.74. The number of carbonyl (C=O) groups excluding carboxylic acids is 2. The summed E-state index contributed by atoms with van der Waals surface area (Å²) in [5.41, 5.74) is -0.765. The third kappa shape index (κ3) is 5.65. The summed E-state index contributed by atoms with van der Waals surface area (Å²) in [6, 6.07) is 5.05. The predicted molar refractivity (Wildman–Crippen MR) is 89.5 cm³/mol. The Kier molecular flexibility index (Phi) is 5.41. The zero-order valence-corrected chi connectivity index (χ0v) is 15.4. The van der Waals surface area contributed by atoms with Crippen molar-refractivity contribution in [1.82, 2.24) is 0 Å². The fraction of sp³-hybridized carbons (Fsp3) is 0.500. The largest absolute Gasteiger partial charge is 0.456 e. The normalized spacial score (nSPS) is 12.0. The molecule has 4 nitrogen and oxygen atoms in total. The molecule has 0 amide bonds. The van der Waals surface area contributed by atoms with Gasteiger partial charge in [-0.05, 0) is 76.3 Å². The second kappa shape index (κ2) is 6.34. The molecule has 0 saturated carbocycles. The molecule has 5 heteroatoms. The van der Waals surface area contributed by atoms with Gasteiger partial charge in [-0.15, -0.1) is 0 Å². The third-order valence-electron chi connectivity index (χ3n) is 2.24. The van der Waals surface area contributed by atoms with Gasteiger partial charge in [0.05, 0.1) is 11.1 Å². The SMILES string of the molecule is CC(C)(C)OC(=O)c1cccc(I)c1C(=O)OC(C)(C)C. The topological polar surface area (TPSA) is 52.6 Å². The minimum Gasteiger partial charge on any atom is -0.456 e. The predicted octanol–water partition coefficient (Wildman–Crippen LogP) is 4.20. The second-order valence-corrected chi connectivity index (χ2v) is 7.83. The van der Waals surface area contributed by atoms with Gasteiger partial charge in [0.2, 0.25) is 0 Å². The molecule has 0 aliphatic rings. The highest BCUT2D eigenvalue weighted by molar-refractivity contribution is 14.1. The van der Waals surface area contributed by atoms with Crippen LogP contribution in [0.3, 0.4) is 0 Å². The molecule has 0 atom stereocenters. The minimum atomic E-state index is -0.624. The zero-order chi connectivity index (χ0) is 16.4. The summed E-state index contributed by atoms with van der Waals surface area (Å²) in [4.78, 5) is 24.6. The van der Waals surface area contributed by atoms with Gasteiger partial charge >= 0.3 is 11.9 Å². The van der Waals surface area contributed by atoms with Gasteiger partial charge in [-0.1, -0.05) is 6.07 Å². The maximum atomic E-state index is 12.3. The Balaban J connectivity index is 3.21. The lowest BCUT2D eigenvalue weighted by molar-refractivity contribution is 0.00177. The average Bonchev–Trinajstić information content (AvgIpc) is 2.23. The van der Waals surface area contributed by atoms with Gasteiger partial charge in [-0.25, -0.2) is 9.59 Å². The van der Waals surface area contributed by atoms with Crippen molar-refractivity contribution < 1.29 is 19.1 Å². The van der Waals surface area contributed by atoms with Crippen LogP contribution in [0.25, 0.3) is 0 Å². The fourth-order valence-corrected chi connectivity index (χ4v) is 2.28. The van der Waals surface area contributed by atoms with Crippen LogP contribution in [0.15, 0.2) is 18.2 Å². The van der Waals surface area contributed by atoms with E-state index in [4.69, 9.17) is 9.47 Å². The molecule has 0 radical (unpaired) electrons. The molecule has 21 heavy (non-hydrogen) atoms. The number of halogens is 1. The van der Waals surface area contributed by atoms with Crippen LogP contribution in [0.2, 0.25) is 0 Å². The molecule has 0 aromatic heterocycles. The Morgan fingerprint density at radius 1 is 0.905 bits per heavy atom. The van der Waals surface area contributed by atoms with E-state index < -0.39 is 23.1 Å². The number of hydrogen-bond acceptors (Lipinski definition) is 4. The van der Waals surface area contributed by atoms with Crippen LogP contribution in [-0.4, -0.2) is 23.1 Å². The van der Waals surface area contributed by atoms with Crippen LogP contribution in [0, 0.1) is 3.57 Å². The minimum absolute atomic E-state index is 0.228. The van der Waals surface area contributed by atoms with Crippen LogP contribution in [0.4, 0.5) is 0 Å². The van der Waals surface area contributed by atoms with E-state index in [0.29, 0.717) is 3.57 Å². The van der Waals surface area contributed by atoms with E-state index in [1.165, 1.54) is 0 Å². The monoisotopic (exact) mass is 404 g/mol. The molecule has 1 aromatic rings. The molecule has 0 bridgehead atoms. The molecule has 0 N–H and O–H groups in total. The highest BCUT2D eigenvalue weighted by atomic mass is 127. The first-order valence-electron chi connectivity index (χ1n) is 6.66. The first-order chi connectivity index (χ1) is 9.41. The van der Waals surface area contributed by atoms with Gasteiger partial charge < -0.3 is 9.47 Å². The number of ether oxygens (including phenoxy) is 2. The highest BCUT2D eigenvalue weighted by Gasteiger charge is 2.27. The van der Waals surface area contributed by atoms with E-state index in [0.717, 1.165) is 0 Å². The average molecular weight is 404 g/mol. The van der Waals surface area contributed by atoms with Crippen molar-refractivity contribution >= 4 is 34.5 Å². The summed E-state index contributed by atoms with van der Waals surface area (Å²) in [6.45, 7) is 10.7. The number of rotatable bonds is 2. The van der Waals surface area contributed by atoms with Crippen molar-refractivity contribution in [1.29, 1.82) is 0 Å². The summed E-state index contributed by atoms with van der Waals surface area (Å²) >= 11 is 2.01. The molecular weight excluding hydrogens is 383 g/mol. The molecule has 1 aromatic carbocycles. The van der Waals surface area contributed by atoms with Gasteiger partial charge in [0, 0.05) is 3.57 Å². The van der Waals surface area contributed by atoms with Gasteiger partial charge in [0.25, 0.3) is 0 Å². The second-order valence-electron chi connectivity index (χ2n) is 6.67. The Morgan fingerprint density at radius 3 is 1.86 bits per heavy atom. The Hall–Kier alpha value is -1.11. The van der Waals surface area contributed by atoms with Crippen molar-refractivity contribution in [2.45, 2.75) is 52.7 Å². The Labute approximate surface area is 139 Å². The molecule has 0 spiro atoms. The molecule has 0 aliphatic heterocycles. The summed E-state index contributed by atoms with van der Waals surface area (Å²) < 4.78 is 11.4. The van der Waals surface area contributed by atoms with Crippen LogP contribution < -0.4 is 0 Å². The molecule has 0 heterocycles. The summed E-state index contributed by atoms with van der Waals surface area (Å²) in [6.07, 6.45) is 0. The van der Waals surface area contributed by atoms with Gasteiger partial charge in [-0.2, -0.15) is 0 Å². The van der Waals surface area contributed by atoms with Crippen LogP contribution in [-0.2, 0) is 9.47 Å². The van der Waals surface area contributed by atoms with Crippen molar-refractivity contribution in [2.75, 3.05) is 0 Å². The van der Waals surface area contributed by atoms with Gasteiger partial charge in [-0.3, -0.25) is 0 Å². The standard InChI is InChI=1S/C16H21IO4/c1-15(2,3)20-13(18)10-8-7-9-11(17)12(10)14(19)21-16(4,5)6/h7-9H,1-6H3. The molecular formula is C16H21IO4. The van der Waals surface area contributed by atoms with Gasteiger partial charge in [0.1, 0.15) is 11.2 Å². The lowest BCUT2D eigenvalue weighted by atomic mass is 10.1. The van der Waals surface area contributed by atoms with E-state index in [-0.39, 0.29) is 11.1 Å². The Morgan fingerprint density at radius 2 is 1.38 bits per heavy atom. The number of hydrogen-bond donors (Lipinski definition) is 0. The molecule has 1 rings (SSSR count). The molecule has 0 aliphatic carbocycles. The van der Waals surface area contributed by atoms with E-state index in [1.54, 1.807) is 59.7 Å². The first kappa shape index (κ1) is 17.9. The van der Waals surface area contributed by atoms with Crippen LogP contribution in [0.5, 0.6) is 0 Å². The van der Waals surface area contributed by atoms with Crippen molar-refractivity contribution in [2.24, 2.45) is 0 Å². The molecule has 116 valence electrons. The third-order valence-corrected chi connectivity index (χ3v) is 3.13. The van der Waals surface area contributed by atoms with E-state index in [2.05, 4.69) is 0 Å². The maximum Gasteiger partial charge on any atom is 0.340 e. The van der Waals surface area contributed by atoms with Crippen LogP contribution in [0.1, 0.15) is 62.3 Å². The zero-order valence-electron chi connectivity index (χ0n) is 13.2. The van der Waals surface area contributed by atoms with E-state index in [1.807, 2.05) is 22.6 Å². The van der Waals surface area contributed by atoms with E-state index in [9.17, 15) is 9.59 Å². The van der Waals surface area contributed by atoms with Crippen molar-refractivity contribution in [3.05, 3.63) is 32.9 Å². The fourth-order valence-electron chi connectivity index (χ4n) is 1.56. The maximum absolute atomic E-state index is 12.3. The number of esters is 2. The van der Waals surface area contributed by atoms with Crippen molar-refractivity contribution in [3.8, 4) is 0 Å². The summed E-state index contributed by atoms with van der Waals surface area (Å²) in [5, 5.41) is 0.